The van der Waals surface area contributed by atoms with E-state index in [1.54, 1.807) is 24.3 Å². The second-order valence-corrected chi connectivity index (χ2v) is 6.27. The minimum absolute atomic E-state index is 0.117. The summed E-state index contributed by atoms with van der Waals surface area (Å²) in [5.41, 5.74) is -0.209. The molecule has 0 bridgehead atoms. The summed E-state index contributed by atoms with van der Waals surface area (Å²) < 4.78 is 53.5. The smallest absolute Gasteiger partial charge is 0.257 e. The molecule has 1 fully saturated rings. The molecule has 0 atom stereocenters. The van der Waals surface area contributed by atoms with Gasteiger partial charge in [0.15, 0.2) is 23.3 Å². The van der Waals surface area contributed by atoms with E-state index in [0.717, 1.165) is 0 Å². The maximum Gasteiger partial charge on any atom is 0.257 e. The Labute approximate surface area is 152 Å². The van der Waals surface area contributed by atoms with Gasteiger partial charge in [0.05, 0.1) is 5.56 Å². The Morgan fingerprint density at radius 2 is 1.56 bits per heavy atom. The third-order valence-corrected chi connectivity index (χ3v) is 4.53. The van der Waals surface area contributed by atoms with Gasteiger partial charge in [-0.25, -0.2) is 17.6 Å². The van der Waals surface area contributed by atoms with Crippen molar-refractivity contribution >= 4 is 17.5 Å². The first-order valence-electron chi connectivity index (χ1n) is 8.36. The lowest BCUT2D eigenvalue weighted by atomic mass is 9.95. The lowest BCUT2D eigenvalue weighted by Gasteiger charge is -2.31. The number of para-hydroxylation sites is 1. The van der Waals surface area contributed by atoms with Crippen LogP contribution >= 0.6 is 0 Å². The fraction of sp³-hybridized carbons (Fsp3) is 0.263. The summed E-state index contributed by atoms with van der Waals surface area (Å²) in [6.45, 7) is 0.234. The molecule has 1 saturated heterocycles. The largest absolute Gasteiger partial charge is 0.339 e. The Morgan fingerprint density at radius 3 is 2.19 bits per heavy atom. The molecule has 0 unspecified atom stereocenters. The molecule has 2 aromatic rings. The van der Waals surface area contributed by atoms with Gasteiger partial charge in [-0.15, -0.1) is 0 Å². The highest BCUT2D eigenvalue weighted by atomic mass is 19.2. The zero-order chi connectivity index (χ0) is 19.6. The van der Waals surface area contributed by atoms with Crippen LogP contribution in [0.25, 0.3) is 0 Å². The molecule has 4 nitrogen and oxygen atoms in total. The Balaban J connectivity index is 1.64. The van der Waals surface area contributed by atoms with Gasteiger partial charge in [0.25, 0.3) is 5.91 Å². The number of rotatable bonds is 3. The molecule has 1 heterocycles. The number of halogens is 4. The van der Waals surface area contributed by atoms with Crippen molar-refractivity contribution < 1.29 is 27.2 Å². The van der Waals surface area contributed by atoms with E-state index < -0.39 is 34.7 Å². The predicted octanol–water partition coefficient (Wildman–Crippen LogP) is 3.73. The van der Waals surface area contributed by atoms with Crippen LogP contribution in [0.1, 0.15) is 23.2 Å². The lowest BCUT2D eigenvalue weighted by Crippen LogP contribution is -2.41. The summed E-state index contributed by atoms with van der Waals surface area (Å²) in [5.74, 6) is -8.81. The minimum Gasteiger partial charge on any atom is -0.339 e. The Morgan fingerprint density at radius 1 is 0.926 bits per heavy atom. The highest BCUT2D eigenvalue weighted by Crippen LogP contribution is 2.24. The third kappa shape index (κ3) is 3.94. The molecular formula is C19H16F4N2O2. The molecule has 3 rings (SSSR count). The normalized spacial score (nSPS) is 14.9. The molecule has 1 aliphatic rings. The first kappa shape index (κ1) is 18.9. The zero-order valence-corrected chi connectivity index (χ0v) is 14.1. The number of carbonyl (C=O) groups excluding carboxylic acids is 2. The molecule has 27 heavy (non-hydrogen) atoms. The van der Waals surface area contributed by atoms with E-state index in [1.165, 1.54) is 4.90 Å². The van der Waals surface area contributed by atoms with Crippen LogP contribution in [0.4, 0.5) is 23.2 Å². The summed E-state index contributed by atoms with van der Waals surface area (Å²) in [4.78, 5) is 25.8. The molecule has 0 aliphatic carbocycles. The molecular weight excluding hydrogens is 364 g/mol. The second-order valence-electron chi connectivity index (χ2n) is 6.27. The number of hydrogen-bond donors (Lipinski definition) is 1. The van der Waals surface area contributed by atoms with E-state index in [-0.39, 0.29) is 24.9 Å². The monoisotopic (exact) mass is 380 g/mol. The summed E-state index contributed by atoms with van der Waals surface area (Å²) in [7, 11) is 0. The molecule has 1 N–H and O–H groups in total. The molecule has 0 saturated carbocycles. The van der Waals surface area contributed by atoms with Crippen LogP contribution in [-0.2, 0) is 4.79 Å². The van der Waals surface area contributed by atoms with Crippen molar-refractivity contribution in [2.75, 3.05) is 18.4 Å². The maximum atomic E-state index is 13.8. The molecule has 2 aromatic carbocycles. The van der Waals surface area contributed by atoms with E-state index in [1.807, 2.05) is 6.07 Å². The summed E-state index contributed by atoms with van der Waals surface area (Å²) in [6, 6.07) is 9.23. The number of nitrogens with zero attached hydrogens (tertiary/aromatic N) is 1. The van der Waals surface area contributed by atoms with Gasteiger partial charge >= 0.3 is 0 Å². The van der Waals surface area contributed by atoms with Crippen LogP contribution in [-0.4, -0.2) is 29.8 Å². The summed E-state index contributed by atoms with van der Waals surface area (Å²) in [5, 5.41) is 2.77. The number of amides is 2. The highest BCUT2D eigenvalue weighted by molar-refractivity contribution is 5.95. The second kappa shape index (κ2) is 7.77. The fourth-order valence-corrected chi connectivity index (χ4v) is 3.01. The lowest BCUT2D eigenvalue weighted by molar-refractivity contribution is -0.121. The van der Waals surface area contributed by atoms with E-state index in [2.05, 4.69) is 5.32 Å². The van der Waals surface area contributed by atoms with Crippen LogP contribution in [0.5, 0.6) is 0 Å². The van der Waals surface area contributed by atoms with Gasteiger partial charge in [0.1, 0.15) is 0 Å². The van der Waals surface area contributed by atoms with E-state index in [4.69, 9.17) is 0 Å². The predicted molar refractivity (Wildman–Crippen MR) is 90.0 cm³/mol. The van der Waals surface area contributed by atoms with Gasteiger partial charge in [-0.2, -0.15) is 0 Å². The molecule has 2 amide bonds. The van der Waals surface area contributed by atoms with Gasteiger partial charge in [-0.3, -0.25) is 9.59 Å². The Hall–Kier alpha value is -2.90. The Bertz CT molecular complexity index is 866. The van der Waals surface area contributed by atoms with Crippen molar-refractivity contribution in [1.29, 1.82) is 0 Å². The number of anilines is 1. The number of nitrogens with one attached hydrogen (secondary N) is 1. The summed E-state index contributed by atoms with van der Waals surface area (Å²) in [6.07, 6.45) is 0.635. The molecule has 0 aromatic heterocycles. The number of benzene rings is 2. The zero-order valence-electron chi connectivity index (χ0n) is 14.1. The first-order valence-corrected chi connectivity index (χ1v) is 8.36. The number of carbonyl (C=O) groups is 2. The van der Waals surface area contributed by atoms with Crippen molar-refractivity contribution in [3.05, 3.63) is 65.2 Å². The van der Waals surface area contributed by atoms with Crippen LogP contribution in [0.2, 0.25) is 0 Å². The van der Waals surface area contributed by atoms with Gasteiger partial charge in [0.2, 0.25) is 5.91 Å². The highest BCUT2D eigenvalue weighted by Gasteiger charge is 2.31. The maximum absolute atomic E-state index is 13.8. The fourth-order valence-electron chi connectivity index (χ4n) is 3.01. The van der Waals surface area contributed by atoms with Crippen LogP contribution < -0.4 is 5.32 Å². The topological polar surface area (TPSA) is 49.4 Å². The molecule has 8 heteroatoms. The van der Waals surface area contributed by atoms with Crippen molar-refractivity contribution in [2.24, 2.45) is 5.92 Å². The SMILES string of the molecule is O=C(Nc1ccccc1)C1CCN(C(=O)c2cc(F)c(F)c(F)c2F)CC1. The number of likely N-dealkylation sites (tertiary alicyclic amines) is 1. The molecule has 0 spiro atoms. The first-order chi connectivity index (χ1) is 12.9. The average molecular weight is 380 g/mol. The van der Waals surface area contributed by atoms with E-state index in [0.29, 0.717) is 24.6 Å². The summed E-state index contributed by atoms with van der Waals surface area (Å²) >= 11 is 0. The van der Waals surface area contributed by atoms with Crippen molar-refractivity contribution in [2.45, 2.75) is 12.8 Å². The van der Waals surface area contributed by atoms with E-state index in [9.17, 15) is 27.2 Å². The van der Waals surface area contributed by atoms with Crippen molar-refractivity contribution in [3.63, 3.8) is 0 Å². The molecule has 1 aliphatic heterocycles. The molecule has 0 radical (unpaired) electrons. The van der Waals surface area contributed by atoms with Gasteiger partial charge in [-0.05, 0) is 31.0 Å². The third-order valence-electron chi connectivity index (χ3n) is 4.53. The average Bonchev–Trinajstić information content (AvgIpc) is 2.69. The number of hydrogen-bond acceptors (Lipinski definition) is 2. The van der Waals surface area contributed by atoms with Crippen LogP contribution in [0.3, 0.4) is 0 Å². The van der Waals surface area contributed by atoms with Crippen molar-refractivity contribution in [1.82, 2.24) is 4.90 Å². The van der Waals surface area contributed by atoms with Gasteiger partial charge in [0, 0.05) is 24.7 Å². The minimum atomic E-state index is -2.02. The van der Waals surface area contributed by atoms with Crippen LogP contribution in [0, 0.1) is 29.2 Å². The van der Waals surface area contributed by atoms with Crippen molar-refractivity contribution in [3.8, 4) is 0 Å². The van der Waals surface area contributed by atoms with Gasteiger partial charge < -0.3 is 10.2 Å². The van der Waals surface area contributed by atoms with E-state index >= 15 is 0 Å². The quantitative estimate of drug-likeness (QED) is 0.501. The number of piperidine rings is 1. The molecule has 142 valence electrons. The standard InChI is InChI=1S/C19H16F4N2O2/c20-14-10-13(15(21)17(23)16(14)22)19(27)25-8-6-11(7-9-25)18(26)24-12-4-2-1-3-5-12/h1-5,10-11H,6-9H2,(H,24,26). The Kier molecular flexibility index (Phi) is 5.43. The van der Waals surface area contributed by atoms with Crippen LogP contribution in [0.15, 0.2) is 36.4 Å². The van der Waals surface area contributed by atoms with Gasteiger partial charge in [-0.1, -0.05) is 18.2 Å².